The fourth-order valence-electron chi connectivity index (χ4n) is 3.36. The molecule has 0 spiro atoms. The molecule has 2 aromatic rings. The largest absolute Gasteiger partial charge is 0.442 e. The van der Waals surface area contributed by atoms with E-state index in [1.54, 1.807) is 11.1 Å². The molecule has 0 saturated carbocycles. The van der Waals surface area contributed by atoms with E-state index in [9.17, 15) is 9.90 Å². The predicted octanol–water partition coefficient (Wildman–Crippen LogP) is 2.29. The van der Waals surface area contributed by atoms with E-state index < -0.39 is 6.23 Å². The normalized spacial score (nSPS) is 22.7. The minimum atomic E-state index is -0.650. The highest BCUT2D eigenvalue weighted by Crippen LogP contribution is 2.26. The van der Waals surface area contributed by atoms with Crippen LogP contribution in [0.5, 0.6) is 0 Å². The Morgan fingerprint density at radius 3 is 2.61 bits per heavy atom. The highest BCUT2D eigenvalue weighted by atomic mass is 16.6. The molecule has 2 aliphatic heterocycles. The highest BCUT2D eigenvalue weighted by molar-refractivity contribution is 5.90. The fourth-order valence-corrected chi connectivity index (χ4v) is 3.36. The molecule has 1 unspecified atom stereocenters. The summed E-state index contributed by atoms with van der Waals surface area (Å²) in [5.41, 5.74) is 2.69. The second kappa shape index (κ2) is 8.41. The number of carbonyl (C=O) groups excluding carboxylic acids is 1. The Morgan fingerprint density at radius 2 is 1.86 bits per heavy atom. The lowest BCUT2D eigenvalue weighted by Gasteiger charge is -2.34. The van der Waals surface area contributed by atoms with Crippen LogP contribution in [0.3, 0.4) is 0 Å². The molecule has 7 nitrogen and oxygen atoms in total. The smallest absolute Gasteiger partial charge is 0.414 e. The molecule has 1 amide bonds. The minimum Gasteiger partial charge on any atom is -0.442 e. The summed E-state index contributed by atoms with van der Waals surface area (Å²) in [6.07, 6.45) is 0.509. The molecule has 2 atom stereocenters. The number of ether oxygens (including phenoxy) is 2. The summed E-state index contributed by atoms with van der Waals surface area (Å²) in [6, 6.07) is 17.4. The second-order valence-electron chi connectivity index (χ2n) is 6.79. The summed E-state index contributed by atoms with van der Waals surface area (Å²) in [7, 11) is 0. The van der Waals surface area contributed by atoms with Gasteiger partial charge in [0.15, 0.2) is 6.23 Å². The third-order valence-electron chi connectivity index (χ3n) is 4.82. The molecular weight excluding hydrogens is 358 g/mol. The number of aliphatic hydroxyl groups is 1. The van der Waals surface area contributed by atoms with Crippen molar-refractivity contribution in [2.45, 2.75) is 12.3 Å². The summed E-state index contributed by atoms with van der Waals surface area (Å²) in [4.78, 5) is 20.1. The van der Waals surface area contributed by atoms with Crippen LogP contribution in [0, 0.1) is 0 Å². The average Bonchev–Trinajstić information content (AvgIpc) is 3.10. The van der Waals surface area contributed by atoms with Gasteiger partial charge < -0.3 is 19.5 Å². The number of aliphatic imine (C=N–C) groups is 1. The van der Waals surface area contributed by atoms with Gasteiger partial charge in [-0.15, -0.1) is 0 Å². The van der Waals surface area contributed by atoms with Crippen molar-refractivity contribution in [3.05, 3.63) is 60.2 Å². The number of amides is 1. The van der Waals surface area contributed by atoms with Crippen LogP contribution < -0.4 is 9.80 Å². The zero-order valence-corrected chi connectivity index (χ0v) is 15.5. The Labute approximate surface area is 163 Å². The average molecular weight is 381 g/mol. The third kappa shape index (κ3) is 4.16. The quantitative estimate of drug-likeness (QED) is 0.805. The second-order valence-corrected chi connectivity index (χ2v) is 6.79. The Morgan fingerprint density at radius 1 is 1.11 bits per heavy atom. The van der Waals surface area contributed by atoms with Gasteiger partial charge in [0, 0.05) is 24.1 Å². The van der Waals surface area contributed by atoms with Gasteiger partial charge in [0.2, 0.25) is 0 Å². The van der Waals surface area contributed by atoms with Crippen molar-refractivity contribution in [2.24, 2.45) is 4.99 Å². The van der Waals surface area contributed by atoms with Crippen LogP contribution >= 0.6 is 0 Å². The van der Waals surface area contributed by atoms with E-state index in [2.05, 4.69) is 4.99 Å². The number of carbonyl (C=O) groups is 1. The van der Waals surface area contributed by atoms with Gasteiger partial charge >= 0.3 is 6.09 Å². The van der Waals surface area contributed by atoms with E-state index in [1.165, 1.54) is 0 Å². The lowest BCUT2D eigenvalue weighted by molar-refractivity contribution is 0.00633. The number of rotatable bonds is 5. The predicted molar refractivity (Wildman–Crippen MR) is 107 cm³/mol. The Kier molecular flexibility index (Phi) is 5.55. The number of cyclic esters (lactones) is 1. The van der Waals surface area contributed by atoms with Crippen LogP contribution in [0.2, 0.25) is 0 Å². The number of morpholine rings is 1. The van der Waals surface area contributed by atoms with Gasteiger partial charge in [-0.05, 0) is 29.8 Å². The van der Waals surface area contributed by atoms with E-state index in [0.29, 0.717) is 32.8 Å². The highest BCUT2D eigenvalue weighted by Gasteiger charge is 2.32. The first-order valence-corrected chi connectivity index (χ1v) is 9.36. The standard InChI is InChI=1S/C21H23N3O4/c25-20-15-27-11-10-23(20)17-6-8-18(9-7-17)24-14-19(28-21(24)26)13-22-12-16-4-2-1-3-5-16/h1-9,12,19-20,25H,10-11,13-15H2/t19-,20?/m0/s1. The maximum atomic E-state index is 12.2. The summed E-state index contributed by atoms with van der Waals surface area (Å²) in [5.74, 6) is 0. The van der Waals surface area contributed by atoms with Crippen LogP contribution in [0.15, 0.2) is 59.6 Å². The van der Waals surface area contributed by atoms with Crippen molar-refractivity contribution >= 4 is 23.7 Å². The summed E-state index contributed by atoms with van der Waals surface area (Å²) in [5, 5.41) is 10.0. The van der Waals surface area contributed by atoms with Crippen LogP contribution in [0.1, 0.15) is 5.56 Å². The number of nitrogens with zero attached hydrogens (tertiary/aromatic N) is 3. The molecule has 1 N–H and O–H groups in total. The van der Waals surface area contributed by atoms with E-state index in [1.807, 2.05) is 59.5 Å². The summed E-state index contributed by atoms with van der Waals surface area (Å²) in [6.45, 7) is 2.40. The number of benzene rings is 2. The van der Waals surface area contributed by atoms with Crippen molar-refractivity contribution in [1.82, 2.24) is 0 Å². The first-order valence-electron chi connectivity index (χ1n) is 9.36. The van der Waals surface area contributed by atoms with Crippen molar-refractivity contribution in [2.75, 3.05) is 42.6 Å². The molecule has 2 fully saturated rings. The SMILES string of the molecule is O=C1O[C@@H](CN=Cc2ccccc2)CN1c1ccc(N2CCOCC2O)cc1. The number of hydrogen-bond acceptors (Lipinski definition) is 6. The zero-order valence-electron chi connectivity index (χ0n) is 15.5. The Hall–Kier alpha value is -2.90. The van der Waals surface area contributed by atoms with Gasteiger partial charge in [-0.3, -0.25) is 9.89 Å². The van der Waals surface area contributed by atoms with E-state index in [4.69, 9.17) is 9.47 Å². The lowest BCUT2D eigenvalue weighted by Crippen LogP contribution is -2.45. The van der Waals surface area contributed by atoms with Gasteiger partial charge in [-0.25, -0.2) is 4.79 Å². The lowest BCUT2D eigenvalue weighted by atomic mass is 10.2. The maximum absolute atomic E-state index is 12.2. The first kappa shape index (κ1) is 18.5. The van der Waals surface area contributed by atoms with Crippen LogP contribution in [-0.2, 0) is 9.47 Å². The zero-order chi connectivity index (χ0) is 19.3. The first-order chi connectivity index (χ1) is 13.7. The molecule has 0 radical (unpaired) electrons. The molecule has 2 heterocycles. The molecule has 4 rings (SSSR count). The topological polar surface area (TPSA) is 74.6 Å². The van der Waals surface area contributed by atoms with Crippen LogP contribution in [0.4, 0.5) is 16.2 Å². The molecule has 7 heteroatoms. The van der Waals surface area contributed by atoms with E-state index in [0.717, 1.165) is 16.9 Å². The van der Waals surface area contributed by atoms with Crippen molar-refractivity contribution in [1.29, 1.82) is 0 Å². The van der Waals surface area contributed by atoms with Crippen molar-refractivity contribution < 1.29 is 19.4 Å². The maximum Gasteiger partial charge on any atom is 0.414 e. The minimum absolute atomic E-state index is 0.270. The summed E-state index contributed by atoms with van der Waals surface area (Å²) < 4.78 is 10.7. The molecule has 2 aliphatic rings. The molecule has 0 aromatic heterocycles. The van der Waals surface area contributed by atoms with Crippen LogP contribution in [0.25, 0.3) is 0 Å². The van der Waals surface area contributed by atoms with Crippen molar-refractivity contribution in [3.63, 3.8) is 0 Å². The Bertz CT molecular complexity index is 825. The molecule has 28 heavy (non-hydrogen) atoms. The van der Waals surface area contributed by atoms with E-state index >= 15 is 0 Å². The van der Waals surface area contributed by atoms with Gasteiger partial charge in [0.25, 0.3) is 0 Å². The monoisotopic (exact) mass is 381 g/mol. The third-order valence-corrected chi connectivity index (χ3v) is 4.82. The van der Waals surface area contributed by atoms with Gasteiger partial charge in [-0.2, -0.15) is 0 Å². The molecule has 146 valence electrons. The fraction of sp³-hybridized carbons (Fsp3) is 0.333. The summed E-state index contributed by atoms with van der Waals surface area (Å²) >= 11 is 0. The molecular formula is C21H23N3O4. The number of anilines is 2. The Balaban J connectivity index is 1.36. The van der Waals surface area contributed by atoms with Gasteiger partial charge in [-0.1, -0.05) is 30.3 Å². The number of aliphatic hydroxyl groups excluding tert-OH is 1. The number of hydrogen-bond donors (Lipinski definition) is 1. The molecule has 2 saturated heterocycles. The van der Waals surface area contributed by atoms with Gasteiger partial charge in [0.1, 0.15) is 6.10 Å². The van der Waals surface area contributed by atoms with Crippen molar-refractivity contribution in [3.8, 4) is 0 Å². The van der Waals surface area contributed by atoms with Crippen LogP contribution in [-0.4, -0.2) is 62.6 Å². The van der Waals surface area contributed by atoms with Gasteiger partial charge in [0.05, 0.1) is 26.3 Å². The molecule has 0 aliphatic carbocycles. The molecule has 2 aromatic carbocycles. The molecule has 0 bridgehead atoms. The van der Waals surface area contributed by atoms with E-state index in [-0.39, 0.29) is 12.2 Å².